The molecule has 3 aliphatic rings. The smallest absolute Gasteiger partial charge is 0.377 e. The molecule has 2 aromatic heterocycles. The number of anilines is 3. The molecule has 1 N–H and O–H groups in total. The number of rotatable bonds is 6. The predicted molar refractivity (Wildman–Crippen MR) is 166 cm³/mol. The Morgan fingerprint density at radius 2 is 1.84 bits per heavy atom. The molecule has 0 saturated carbocycles. The first kappa shape index (κ1) is 31.7. The number of carbonyl (C=O) groups is 1. The molecular weight excluding hydrogens is 629 g/mol. The lowest BCUT2D eigenvalue weighted by Gasteiger charge is -2.43. The van der Waals surface area contributed by atoms with E-state index in [1.54, 1.807) is 0 Å². The summed E-state index contributed by atoms with van der Waals surface area (Å²) in [5, 5.41) is 3.08. The molecule has 0 aliphatic carbocycles. The molecule has 2 saturated heterocycles. The van der Waals surface area contributed by atoms with Gasteiger partial charge in [-0.3, -0.25) is 9.69 Å². The molecule has 5 heterocycles. The van der Waals surface area contributed by atoms with Gasteiger partial charge in [-0.15, -0.1) is 11.3 Å². The number of fused-ring (bicyclic) bond motifs is 1. The number of aryl methyl sites for hydroxylation is 1. The fourth-order valence-corrected chi connectivity index (χ4v) is 8.87. The van der Waals surface area contributed by atoms with E-state index in [-0.39, 0.29) is 52.2 Å². The summed E-state index contributed by atoms with van der Waals surface area (Å²) in [5.74, 6) is -0.940. The zero-order valence-corrected chi connectivity index (χ0v) is 27.0. The highest BCUT2D eigenvalue weighted by Crippen LogP contribution is 2.42. The molecule has 3 aromatic rings. The Morgan fingerprint density at radius 3 is 2.47 bits per heavy atom. The van der Waals surface area contributed by atoms with Crippen LogP contribution in [0.15, 0.2) is 35.4 Å². The number of aromatic nitrogens is 2. The quantitative estimate of drug-likeness (QED) is 0.402. The number of ether oxygens (including phenoxy) is 1. The SMILES string of the molecule is CCc1cc(N2C[C@@H](C)N(C)[C@@H](C)C2)ccc1Nc1ncc(C(F)(F)F)c(-c2cc3c(s2)C(=O)N(C2COC2)CCS3(=O)=O)n1. The lowest BCUT2D eigenvalue weighted by molar-refractivity contribution is -0.137. The minimum Gasteiger partial charge on any atom is -0.377 e. The van der Waals surface area contributed by atoms with Crippen molar-refractivity contribution >= 4 is 44.4 Å². The number of nitrogens with zero attached hydrogens (tertiary/aromatic N) is 5. The van der Waals surface area contributed by atoms with Crippen LogP contribution < -0.4 is 10.2 Å². The van der Waals surface area contributed by atoms with E-state index >= 15 is 0 Å². The number of carbonyl (C=O) groups excluding carboxylic acids is 1. The number of amides is 1. The Hall–Kier alpha value is -3.27. The summed E-state index contributed by atoms with van der Waals surface area (Å²) in [5.41, 5.74) is 1.04. The highest BCUT2D eigenvalue weighted by atomic mass is 32.2. The summed E-state index contributed by atoms with van der Waals surface area (Å²) in [4.78, 5) is 27.3. The summed E-state index contributed by atoms with van der Waals surface area (Å²) >= 11 is 0.701. The maximum absolute atomic E-state index is 14.2. The highest BCUT2D eigenvalue weighted by Gasteiger charge is 2.41. The Balaban J connectivity index is 1.35. The molecule has 1 aromatic carbocycles. The second kappa shape index (κ2) is 11.8. The summed E-state index contributed by atoms with van der Waals surface area (Å²) < 4.78 is 74.0. The van der Waals surface area contributed by atoms with Gasteiger partial charge >= 0.3 is 6.18 Å². The number of piperazine rings is 1. The lowest BCUT2D eigenvalue weighted by atomic mass is 10.1. The molecule has 15 heteroatoms. The van der Waals surface area contributed by atoms with Crippen LogP contribution in [-0.2, 0) is 27.2 Å². The summed E-state index contributed by atoms with van der Waals surface area (Å²) in [6.45, 7) is 8.68. The average Bonchev–Trinajstić information content (AvgIpc) is 3.40. The molecule has 0 unspecified atom stereocenters. The van der Waals surface area contributed by atoms with Crippen LogP contribution in [0.3, 0.4) is 0 Å². The number of sulfone groups is 1. The predicted octanol–water partition coefficient (Wildman–Crippen LogP) is 4.69. The van der Waals surface area contributed by atoms with E-state index in [0.29, 0.717) is 41.7 Å². The topological polar surface area (TPSA) is 108 Å². The first-order valence-corrected chi connectivity index (χ1v) is 17.3. The molecule has 45 heavy (non-hydrogen) atoms. The number of hydrogen-bond donors (Lipinski definition) is 1. The number of benzene rings is 1. The van der Waals surface area contributed by atoms with Gasteiger partial charge in [0.25, 0.3) is 5.91 Å². The van der Waals surface area contributed by atoms with Gasteiger partial charge in [-0.1, -0.05) is 6.92 Å². The van der Waals surface area contributed by atoms with Crippen LogP contribution in [0.5, 0.6) is 0 Å². The van der Waals surface area contributed by atoms with Crippen LogP contribution in [0.2, 0.25) is 0 Å². The standard InChI is InChI=1S/C30H35F3N6O4S2/c1-5-19-10-20(38-13-17(2)37(4)18(3)14-38)6-7-23(19)35-29-34-12-22(30(31,32)33)26(36-29)24-11-25-27(44-24)28(40)39(21-15-43-16-21)8-9-45(25,41)42/h6-7,10-12,17-18,21H,5,8-9,13-16H2,1-4H3,(H,34,35,36)/t17-,18+. The largest absolute Gasteiger partial charge is 0.420 e. The van der Waals surface area contributed by atoms with Gasteiger partial charge in [0, 0.05) is 49.3 Å². The zero-order valence-electron chi connectivity index (χ0n) is 25.4. The van der Waals surface area contributed by atoms with Gasteiger partial charge < -0.3 is 19.9 Å². The third-order valence-corrected chi connectivity index (χ3v) is 11.9. The molecule has 10 nitrogen and oxygen atoms in total. The molecule has 1 amide bonds. The van der Waals surface area contributed by atoms with E-state index in [0.717, 1.165) is 30.4 Å². The molecular formula is C30H35F3N6O4S2. The first-order valence-electron chi connectivity index (χ1n) is 14.8. The zero-order chi connectivity index (χ0) is 32.3. The second-order valence-electron chi connectivity index (χ2n) is 11.9. The molecule has 2 fully saturated rings. The fraction of sp³-hybridized carbons (Fsp3) is 0.500. The number of thiophene rings is 1. The molecule has 2 atom stereocenters. The van der Waals surface area contributed by atoms with Crippen molar-refractivity contribution in [1.29, 1.82) is 0 Å². The van der Waals surface area contributed by atoms with Gasteiger partial charge in [0.05, 0.1) is 40.5 Å². The van der Waals surface area contributed by atoms with Crippen LogP contribution in [0.25, 0.3) is 10.6 Å². The van der Waals surface area contributed by atoms with Crippen LogP contribution in [0.1, 0.15) is 41.6 Å². The fourth-order valence-electron chi connectivity index (χ4n) is 5.95. The normalized spacial score (nSPS) is 22.6. The maximum atomic E-state index is 14.2. The van der Waals surface area contributed by atoms with Crippen molar-refractivity contribution in [3.63, 3.8) is 0 Å². The van der Waals surface area contributed by atoms with Gasteiger partial charge in [0.2, 0.25) is 5.95 Å². The highest BCUT2D eigenvalue weighted by molar-refractivity contribution is 7.91. The van der Waals surface area contributed by atoms with Crippen molar-refractivity contribution in [2.75, 3.05) is 55.9 Å². The van der Waals surface area contributed by atoms with E-state index in [4.69, 9.17) is 4.74 Å². The minimum absolute atomic E-state index is 0.00723. The van der Waals surface area contributed by atoms with E-state index < -0.39 is 33.2 Å². The molecule has 0 bridgehead atoms. The van der Waals surface area contributed by atoms with Gasteiger partial charge in [-0.2, -0.15) is 13.2 Å². The van der Waals surface area contributed by atoms with Crippen LogP contribution in [0, 0.1) is 0 Å². The molecule has 3 aliphatic heterocycles. The van der Waals surface area contributed by atoms with E-state index in [1.165, 1.54) is 4.90 Å². The van der Waals surface area contributed by atoms with Gasteiger partial charge in [-0.05, 0) is 57.1 Å². The summed E-state index contributed by atoms with van der Waals surface area (Å²) in [6, 6.07) is 7.55. The summed E-state index contributed by atoms with van der Waals surface area (Å²) in [6.07, 6.45) is -3.47. The first-order chi connectivity index (χ1) is 21.3. The number of likely N-dealkylation sites (N-methyl/N-ethyl adjacent to an activating group) is 1. The third kappa shape index (κ3) is 6.02. The minimum atomic E-state index is -4.82. The lowest BCUT2D eigenvalue weighted by Crippen LogP contribution is -2.55. The monoisotopic (exact) mass is 664 g/mol. The Morgan fingerprint density at radius 1 is 1.13 bits per heavy atom. The van der Waals surface area contributed by atoms with E-state index in [1.807, 2.05) is 19.1 Å². The van der Waals surface area contributed by atoms with E-state index in [9.17, 15) is 26.4 Å². The Bertz CT molecular complexity index is 1710. The Kier molecular flexibility index (Phi) is 8.33. The van der Waals surface area contributed by atoms with Gasteiger partial charge in [0.15, 0.2) is 9.84 Å². The number of alkyl halides is 3. The maximum Gasteiger partial charge on any atom is 0.420 e. The molecule has 0 radical (unpaired) electrons. The van der Waals surface area contributed by atoms with Crippen molar-refractivity contribution in [2.45, 2.75) is 56.4 Å². The number of nitrogens with one attached hydrogen (secondary N) is 1. The van der Waals surface area contributed by atoms with Crippen LogP contribution in [-0.4, -0.2) is 97.9 Å². The van der Waals surface area contributed by atoms with Crippen molar-refractivity contribution in [3.8, 4) is 10.6 Å². The second-order valence-corrected chi connectivity index (χ2v) is 15.0. The van der Waals surface area contributed by atoms with Crippen molar-refractivity contribution in [2.24, 2.45) is 0 Å². The summed E-state index contributed by atoms with van der Waals surface area (Å²) in [7, 11) is -1.81. The van der Waals surface area contributed by atoms with Gasteiger partial charge in [-0.25, -0.2) is 18.4 Å². The van der Waals surface area contributed by atoms with Crippen molar-refractivity contribution < 1.29 is 31.1 Å². The molecule has 0 spiro atoms. The average molecular weight is 665 g/mol. The third-order valence-electron chi connectivity index (χ3n) is 8.92. The van der Waals surface area contributed by atoms with E-state index in [2.05, 4.69) is 52.0 Å². The van der Waals surface area contributed by atoms with Gasteiger partial charge in [0.1, 0.15) is 10.4 Å². The van der Waals surface area contributed by atoms with Crippen molar-refractivity contribution in [3.05, 3.63) is 46.5 Å². The number of hydrogen-bond acceptors (Lipinski definition) is 10. The Labute approximate surface area is 264 Å². The van der Waals surface area contributed by atoms with Crippen LogP contribution in [0.4, 0.5) is 30.5 Å². The number of halogens is 3. The van der Waals surface area contributed by atoms with Crippen molar-refractivity contribution in [1.82, 2.24) is 19.8 Å². The van der Waals surface area contributed by atoms with Crippen LogP contribution >= 0.6 is 11.3 Å². The molecule has 6 rings (SSSR count). The molecule has 242 valence electrons.